The summed E-state index contributed by atoms with van der Waals surface area (Å²) < 4.78 is 27.2. The van der Waals surface area contributed by atoms with E-state index in [1.807, 2.05) is 66.7 Å². The summed E-state index contributed by atoms with van der Waals surface area (Å²) in [5, 5.41) is 4.71. The molecule has 7 nitrogen and oxygen atoms in total. The Balaban J connectivity index is 1.19. The van der Waals surface area contributed by atoms with E-state index in [0.717, 1.165) is 28.4 Å². The highest BCUT2D eigenvalue weighted by Crippen LogP contribution is 2.30. The molecule has 2 heterocycles. The van der Waals surface area contributed by atoms with Gasteiger partial charge in [0.15, 0.2) is 0 Å². The number of carbonyl (C=O) groups is 2. The lowest BCUT2D eigenvalue weighted by Crippen LogP contribution is -2.46. The Labute approximate surface area is 205 Å². The SMILES string of the molecule is O=C(NCCS(=O)(=O)N1CCc2ccccc21)C1CCCN(C(=O)c2cccc3ccccc23)C1. The van der Waals surface area contributed by atoms with Crippen molar-refractivity contribution in [3.05, 3.63) is 77.9 Å². The van der Waals surface area contributed by atoms with Gasteiger partial charge in [0.25, 0.3) is 5.91 Å². The number of carbonyl (C=O) groups excluding carboxylic acids is 2. The van der Waals surface area contributed by atoms with Crippen LogP contribution in [0.2, 0.25) is 0 Å². The molecule has 0 radical (unpaired) electrons. The fraction of sp³-hybridized carbons (Fsp3) is 0.333. The second-order valence-corrected chi connectivity index (χ2v) is 11.2. The van der Waals surface area contributed by atoms with Crippen LogP contribution in [0.25, 0.3) is 10.8 Å². The lowest BCUT2D eigenvalue weighted by molar-refractivity contribution is -0.126. The minimum atomic E-state index is -3.53. The minimum Gasteiger partial charge on any atom is -0.355 e. The van der Waals surface area contributed by atoms with Crippen molar-refractivity contribution in [2.75, 3.05) is 36.2 Å². The van der Waals surface area contributed by atoms with Crippen LogP contribution in [0.4, 0.5) is 5.69 Å². The standard InChI is InChI=1S/C27H29N3O4S/c31-26(28-15-18-35(33,34)30-17-14-21-8-2-4-13-25(21)30)22-10-6-16-29(19-22)27(32)24-12-5-9-20-7-1-3-11-23(20)24/h1-5,7-9,11-13,22H,6,10,14-19H2,(H,28,31). The van der Waals surface area contributed by atoms with E-state index < -0.39 is 10.0 Å². The summed E-state index contributed by atoms with van der Waals surface area (Å²) in [7, 11) is -3.53. The van der Waals surface area contributed by atoms with E-state index in [9.17, 15) is 18.0 Å². The molecule has 5 rings (SSSR count). The maximum atomic E-state index is 13.3. The quantitative estimate of drug-likeness (QED) is 0.574. The molecular weight excluding hydrogens is 462 g/mol. The number of nitrogens with zero attached hydrogens (tertiary/aromatic N) is 2. The monoisotopic (exact) mass is 491 g/mol. The average molecular weight is 492 g/mol. The molecule has 1 fully saturated rings. The molecule has 0 aliphatic carbocycles. The van der Waals surface area contributed by atoms with Gasteiger partial charge in [-0.1, -0.05) is 54.6 Å². The number of hydrogen-bond acceptors (Lipinski definition) is 4. The number of amides is 2. The summed E-state index contributed by atoms with van der Waals surface area (Å²) in [6.45, 7) is 1.42. The van der Waals surface area contributed by atoms with Crippen molar-refractivity contribution >= 4 is 38.3 Å². The van der Waals surface area contributed by atoms with E-state index in [4.69, 9.17) is 0 Å². The zero-order valence-electron chi connectivity index (χ0n) is 19.5. The van der Waals surface area contributed by atoms with Crippen LogP contribution in [0.15, 0.2) is 66.7 Å². The number of sulfonamides is 1. The van der Waals surface area contributed by atoms with E-state index in [1.165, 1.54) is 4.31 Å². The Morgan fingerprint density at radius 3 is 2.60 bits per heavy atom. The second-order valence-electron chi connectivity index (χ2n) is 9.17. The maximum absolute atomic E-state index is 13.3. The molecule has 35 heavy (non-hydrogen) atoms. The molecular formula is C27H29N3O4S. The van der Waals surface area contributed by atoms with Crippen molar-refractivity contribution in [3.8, 4) is 0 Å². The molecule has 0 bridgehead atoms. The second kappa shape index (κ2) is 9.70. The lowest BCUT2D eigenvalue weighted by Gasteiger charge is -2.32. The highest BCUT2D eigenvalue weighted by molar-refractivity contribution is 7.92. The first-order valence-electron chi connectivity index (χ1n) is 12.1. The van der Waals surface area contributed by atoms with Crippen LogP contribution in [-0.2, 0) is 21.2 Å². The van der Waals surface area contributed by atoms with Gasteiger partial charge in [-0.05, 0) is 47.7 Å². The van der Waals surface area contributed by atoms with Gasteiger partial charge in [-0.25, -0.2) is 8.42 Å². The number of anilines is 1. The Hall–Kier alpha value is -3.39. The van der Waals surface area contributed by atoms with E-state index in [-0.39, 0.29) is 30.0 Å². The van der Waals surface area contributed by atoms with E-state index in [2.05, 4.69) is 5.32 Å². The van der Waals surface area contributed by atoms with Crippen LogP contribution >= 0.6 is 0 Å². The molecule has 0 saturated carbocycles. The van der Waals surface area contributed by atoms with Gasteiger partial charge in [0.05, 0.1) is 17.4 Å². The molecule has 3 aromatic rings. The third-order valence-electron chi connectivity index (χ3n) is 6.94. The van der Waals surface area contributed by atoms with Gasteiger partial charge < -0.3 is 10.2 Å². The zero-order chi connectivity index (χ0) is 24.4. The summed E-state index contributed by atoms with van der Waals surface area (Å²) in [6.07, 6.45) is 2.11. The molecule has 0 spiro atoms. The van der Waals surface area contributed by atoms with Crippen LogP contribution in [0.1, 0.15) is 28.8 Å². The molecule has 3 aromatic carbocycles. The zero-order valence-corrected chi connectivity index (χ0v) is 20.3. The van der Waals surface area contributed by atoms with Crippen LogP contribution in [0, 0.1) is 5.92 Å². The number of piperidine rings is 1. The van der Waals surface area contributed by atoms with Crippen LogP contribution < -0.4 is 9.62 Å². The molecule has 1 unspecified atom stereocenters. The Kier molecular flexibility index (Phi) is 6.47. The first-order valence-corrected chi connectivity index (χ1v) is 13.7. The molecule has 182 valence electrons. The van der Waals surface area contributed by atoms with E-state index in [0.29, 0.717) is 38.0 Å². The van der Waals surface area contributed by atoms with Crippen molar-refractivity contribution in [3.63, 3.8) is 0 Å². The van der Waals surface area contributed by atoms with Crippen LogP contribution in [0.3, 0.4) is 0 Å². The number of benzene rings is 3. The molecule has 1 saturated heterocycles. The lowest BCUT2D eigenvalue weighted by atomic mass is 9.95. The van der Waals surface area contributed by atoms with Crippen molar-refractivity contribution in [1.29, 1.82) is 0 Å². The summed E-state index contributed by atoms with van der Waals surface area (Å²) in [5.41, 5.74) is 2.40. The molecule has 2 aliphatic rings. The smallest absolute Gasteiger partial charge is 0.254 e. The third kappa shape index (κ3) is 4.75. The van der Waals surface area contributed by atoms with Gasteiger partial charge in [0.2, 0.25) is 15.9 Å². The molecule has 1 N–H and O–H groups in total. The van der Waals surface area contributed by atoms with Crippen molar-refractivity contribution in [1.82, 2.24) is 10.2 Å². The van der Waals surface area contributed by atoms with E-state index >= 15 is 0 Å². The number of fused-ring (bicyclic) bond motifs is 2. The summed E-state index contributed by atoms with van der Waals surface area (Å²) in [4.78, 5) is 27.9. The van der Waals surface area contributed by atoms with Gasteiger partial charge in [0.1, 0.15) is 0 Å². The topological polar surface area (TPSA) is 86.8 Å². The van der Waals surface area contributed by atoms with E-state index in [1.54, 1.807) is 4.90 Å². The van der Waals surface area contributed by atoms with Crippen LogP contribution in [-0.4, -0.2) is 57.1 Å². The fourth-order valence-electron chi connectivity index (χ4n) is 5.11. The Bertz CT molecular complexity index is 1370. The van der Waals surface area contributed by atoms with Gasteiger partial charge in [-0.2, -0.15) is 0 Å². The average Bonchev–Trinajstić information content (AvgIpc) is 3.33. The highest BCUT2D eigenvalue weighted by atomic mass is 32.2. The largest absolute Gasteiger partial charge is 0.355 e. The Morgan fingerprint density at radius 2 is 1.71 bits per heavy atom. The van der Waals surface area contributed by atoms with Gasteiger partial charge in [-0.3, -0.25) is 13.9 Å². The number of para-hydroxylation sites is 1. The number of nitrogens with one attached hydrogen (secondary N) is 1. The molecule has 1 atom stereocenters. The summed E-state index contributed by atoms with van der Waals surface area (Å²) >= 11 is 0. The molecule has 0 aromatic heterocycles. The first kappa shape index (κ1) is 23.4. The van der Waals surface area contributed by atoms with Gasteiger partial charge in [-0.15, -0.1) is 0 Å². The van der Waals surface area contributed by atoms with Gasteiger partial charge >= 0.3 is 0 Å². The predicted molar refractivity (Wildman–Crippen MR) is 137 cm³/mol. The number of likely N-dealkylation sites (tertiary alicyclic amines) is 1. The number of hydrogen-bond donors (Lipinski definition) is 1. The van der Waals surface area contributed by atoms with Crippen molar-refractivity contribution in [2.45, 2.75) is 19.3 Å². The predicted octanol–water partition coefficient (Wildman–Crippen LogP) is 3.20. The summed E-state index contributed by atoms with van der Waals surface area (Å²) in [5.74, 6) is -0.775. The van der Waals surface area contributed by atoms with Gasteiger partial charge in [0, 0.05) is 31.7 Å². The van der Waals surface area contributed by atoms with Crippen molar-refractivity contribution < 1.29 is 18.0 Å². The fourth-order valence-corrected chi connectivity index (χ4v) is 6.54. The normalized spacial score (nSPS) is 17.9. The minimum absolute atomic E-state index is 0.0492. The Morgan fingerprint density at radius 1 is 0.943 bits per heavy atom. The molecule has 8 heteroatoms. The summed E-state index contributed by atoms with van der Waals surface area (Å²) in [6, 6.07) is 21.0. The van der Waals surface area contributed by atoms with Crippen LogP contribution in [0.5, 0.6) is 0 Å². The first-order chi connectivity index (χ1) is 16.9. The maximum Gasteiger partial charge on any atom is 0.254 e. The number of rotatable bonds is 6. The molecule has 2 aliphatic heterocycles. The third-order valence-corrected chi connectivity index (χ3v) is 8.71. The van der Waals surface area contributed by atoms with Crippen molar-refractivity contribution in [2.24, 2.45) is 5.92 Å². The molecule has 2 amide bonds. The highest BCUT2D eigenvalue weighted by Gasteiger charge is 2.31.